The number of ether oxygens (including phenoxy) is 1. The number of benzene rings is 2. The Morgan fingerprint density at radius 2 is 1.92 bits per heavy atom. The summed E-state index contributed by atoms with van der Waals surface area (Å²) in [6.45, 7) is 1.66. The van der Waals surface area contributed by atoms with Crippen LogP contribution in [0.25, 0.3) is 10.9 Å². The topological polar surface area (TPSA) is 68.5 Å². The minimum Gasteiger partial charge on any atom is -0.497 e. The number of hydrogen-bond acceptors (Lipinski definition) is 3. The molecule has 3 aromatic rings. The van der Waals surface area contributed by atoms with Gasteiger partial charge in [0.05, 0.1) is 24.6 Å². The lowest BCUT2D eigenvalue weighted by atomic mass is 10.1. The van der Waals surface area contributed by atoms with Crippen molar-refractivity contribution in [2.45, 2.75) is 13.3 Å². The molecule has 0 aliphatic carbocycles. The summed E-state index contributed by atoms with van der Waals surface area (Å²) in [6, 6.07) is 10.7. The number of carboxylic acids is 1. The van der Waals surface area contributed by atoms with Gasteiger partial charge in [-0.3, -0.25) is 14.2 Å². The monoisotopic (exact) mass is 341 g/mol. The quantitative estimate of drug-likeness (QED) is 0.789. The van der Waals surface area contributed by atoms with Crippen LogP contribution >= 0.6 is 0 Å². The Morgan fingerprint density at radius 3 is 2.56 bits per heavy atom. The Hall–Kier alpha value is -3.15. The fourth-order valence-corrected chi connectivity index (χ4v) is 2.98. The highest BCUT2D eigenvalue weighted by Crippen LogP contribution is 2.30. The molecule has 0 saturated heterocycles. The second-order valence-corrected chi connectivity index (χ2v) is 5.64. The molecule has 0 amide bonds. The van der Waals surface area contributed by atoms with Gasteiger partial charge in [0, 0.05) is 11.1 Å². The third-order valence-corrected chi connectivity index (χ3v) is 4.18. The first-order valence-corrected chi connectivity index (χ1v) is 7.63. The first-order valence-electron chi connectivity index (χ1n) is 7.63. The van der Waals surface area contributed by atoms with E-state index in [-0.39, 0.29) is 12.0 Å². The van der Waals surface area contributed by atoms with Crippen molar-refractivity contribution >= 4 is 22.8 Å². The summed E-state index contributed by atoms with van der Waals surface area (Å²) in [5, 5.41) is 9.80. The molecule has 5 nitrogen and oxygen atoms in total. The molecular formula is C19H16FNO4. The molecule has 0 aliphatic rings. The summed E-state index contributed by atoms with van der Waals surface area (Å²) in [6.07, 6.45) is -0.243. The second-order valence-electron chi connectivity index (χ2n) is 5.64. The van der Waals surface area contributed by atoms with E-state index >= 15 is 0 Å². The van der Waals surface area contributed by atoms with Crippen molar-refractivity contribution in [1.29, 1.82) is 0 Å². The average molecular weight is 341 g/mol. The average Bonchev–Trinajstić information content (AvgIpc) is 2.85. The molecule has 0 unspecified atom stereocenters. The van der Waals surface area contributed by atoms with Gasteiger partial charge in [-0.1, -0.05) is 12.1 Å². The van der Waals surface area contributed by atoms with Gasteiger partial charge in [-0.05, 0) is 42.8 Å². The number of carbonyl (C=O) groups is 2. The van der Waals surface area contributed by atoms with E-state index in [1.807, 2.05) is 0 Å². The van der Waals surface area contributed by atoms with Crippen LogP contribution < -0.4 is 4.74 Å². The number of fused-ring (bicyclic) bond motifs is 1. The van der Waals surface area contributed by atoms with Crippen LogP contribution in [0.15, 0.2) is 42.5 Å². The largest absolute Gasteiger partial charge is 0.497 e. The first kappa shape index (κ1) is 16.7. The summed E-state index contributed by atoms with van der Waals surface area (Å²) in [5.41, 5.74) is 1.42. The number of carboxylic acid groups (broad SMARTS) is 1. The third-order valence-electron chi connectivity index (χ3n) is 4.18. The van der Waals surface area contributed by atoms with E-state index in [0.717, 1.165) is 0 Å². The fourth-order valence-electron chi connectivity index (χ4n) is 2.98. The van der Waals surface area contributed by atoms with E-state index in [4.69, 9.17) is 4.74 Å². The Labute approximate surface area is 143 Å². The van der Waals surface area contributed by atoms with Gasteiger partial charge in [0.25, 0.3) is 5.91 Å². The minimum absolute atomic E-state index is 0.0693. The van der Waals surface area contributed by atoms with Crippen LogP contribution in [0.4, 0.5) is 4.39 Å². The number of carbonyl (C=O) groups excluding carboxylic acids is 1. The van der Waals surface area contributed by atoms with E-state index in [1.165, 1.54) is 29.9 Å². The SMILES string of the molecule is COc1ccc2c(c1)c(CC(=O)O)c(C)n2C(=O)c1ccccc1F. The van der Waals surface area contributed by atoms with Gasteiger partial charge in [-0.2, -0.15) is 0 Å². The third kappa shape index (κ3) is 2.87. The zero-order valence-electron chi connectivity index (χ0n) is 13.7. The first-order chi connectivity index (χ1) is 11.9. The predicted octanol–water partition coefficient (Wildman–Crippen LogP) is 3.41. The van der Waals surface area contributed by atoms with E-state index in [2.05, 4.69) is 0 Å². The summed E-state index contributed by atoms with van der Waals surface area (Å²) in [7, 11) is 1.51. The van der Waals surface area contributed by atoms with Crippen LogP contribution in [0.2, 0.25) is 0 Å². The molecule has 128 valence electrons. The molecule has 0 spiro atoms. The molecule has 1 N–H and O–H groups in total. The van der Waals surface area contributed by atoms with Crippen molar-refractivity contribution < 1.29 is 23.8 Å². The highest BCUT2D eigenvalue weighted by atomic mass is 19.1. The molecular weight excluding hydrogens is 325 g/mol. The summed E-state index contributed by atoms with van der Waals surface area (Å²) in [4.78, 5) is 24.1. The number of halogens is 1. The number of hydrogen-bond donors (Lipinski definition) is 1. The Balaban J connectivity index is 2.28. The van der Waals surface area contributed by atoms with Crippen LogP contribution in [0.5, 0.6) is 5.75 Å². The van der Waals surface area contributed by atoms with Crippen molar-refractivity contribution in [3.63, 3.8) is 0 Å². The zero-order chi connectivity index (χ0) is 18.1. The minimum atomic E-state index is -1.01. The van der Waals surface area contributed by atoms with E-state index in [0.29, 0.717) is 27.9 Å². The van der Waals surface area contributed by atoms with Crippen molar-refractivity contribution in [2.75, 3.05) is 7.11 Å². The van der Waals surface area contributed by atoms with Gasteiger partial charge >= 0.3 is 5.97 Å². The number of nitrogens with zero attached hydrogens (tertiary/aromatic N) is 1. The molecule has 1 heterocycles. The number of methoxy groups -OCH3 is 1. The van der Waals surface area contributed by atoms with Crippen molar-refractivity contribution in [3.05, 3.63) is 65.1 Å². The highest BCUT2D eigenvalue weighted by Gasteiger charge is 2.23. The van der Waals surface area contributed by atoms with Gasteiger partial charge in [0.2, 0.25) is 0 Å². The van der Waals surface area contributed by atoms with E-state index in [9.17, 15) is 19.1 Å². The fraction of sp³-hybridized carbons (Fsp3) is 0.158. The lowest BCUT2D eigenvalue weighted by Gasteiger charge is -2.08. The van der Waals surface area contributed by atoms with Crippen LogP contribution in [-0.2, 0) is 11.2 Å². The van der Waals surface area contributed by atoms with Crippen molar-refractivity contribution in [2.24, 2.45) is 0 Å². The molecule has 1 aromatic heterocycles. The number of aliphatic carboxylic acids is 1. The van der Waals surface area contributed by atoms with Crippen LogP contribution in [-0.4, -0.2) is 28.7 Å². The molecule has 0 bridgehead atoms. The van der Waals surface area contributed by atoms with Gasteiger partial charge in [0.15, 0.2) is 0 Å². The molecule has 0 radical (unpaired) electrons. The molecule has 0 saturated carbocycles. The molecule has 0 atom stereocenters. The van der Waals surface area contributed by atoms with Gasteiger partial charge in [-0.15, -0.1) is 0 Å². The van der Waals surface area contributed by atoms with Crippen LogP contribution in [0.3, 0.4) is 0 Å². The molecule has 3 rings (SSSR count). The summed E-state index contributed by atoms with van der Waals surface area (Å²) >= 11 is 0. The molecule has 0 aliphatic heterocycles. The van der Waals surface area contributed by atoms with Gasteiger partial charge < -0.3 is 9.84 Å². The Bertz CT molecular complexity index is 990. The number of rotatable bonds is 4. The van der Waals surface area contributed by atoms with Crippen molar-refractivity contribution in [1.82, 2.24) is 4.57 Å². The maximum absolute atomic E-state index is 14.0. The molecule has 25 heavy (non-hydrogen) atoms. The van der Waals surface area contributed by atoms with Crippen LogP contribution in [0.1, 0.15) is 21.6 Å². The lowest BCUT2D eigenvalue weighted by Crippen LogP contribution is -2.15. The maximum Gasteiger partial charge on any atom is 0.307 e. The van der Waals surface area contributed by atoms with E-state index in [1.54, 1.807) is 31.2 Å². The Morgan fingerprint density at radius 1 is 1.20 bits per heavy atom. The second kappa shape index (κ2) is 6.39. The Kier molecular flexibility index (Phi) is 4.27. The maximum atomic E-state index is 14.0. The summed E-state index contributed by atoms with van der Waals surface area (Å²) in [5.74, 6) is -1.62. The molecule has 2 aromatic carbocycles. The predicted molar refractivity (Wildman–Crippen MR) is 90.7 cm³/mol. The van der Waals surface area contributed by atoms with Crippen molar-refractivity contribution in [3.8, 4) is 5.75 Å². The normalized spacial score (nSPS) is 10.8. The smallest absolute Gasteiger partial charge is 0.307 e. The highest BCUT2D eigenvalue weighted by molar-refractivity contribution is 6.05. The van der Waals surface area contributed by atoms with Crippen LogP contribution in [0, 0.1) is 12.7 Å². The standard InChI is InChI=1S/C19H16FNO4/c1-11-14(10-18(22)23)15-9-12(25-2)7-8-17(15)21(11)19(24)13-5-3-4-6-16(13)20/h3-9H,10H2,1-2H3,(H,22,23). The number of aromatic nitrogens is 1. The van der Waals surface area contributed by atoms with Gasteiger partial charge in [-0.25, -0.2) is 4.39 Å². The van der Waals surface area contributed by atoms with Gasteiger partial charge in [0.1, 0.15) is 11.6 Å². The lowest BCUT2D eigenvalue weighted by molar-refractivity contribution is -0.136. The zero-order valence-corrected chi connectivity index (χ0v) is 13.7. The van der Waals surface area contributed by atoms with E-state index < -0.39 is 17.7 Å². The molecule has 0 fully saturated rings. The summed E-state index contributed by atoms with van der Waals surface area (Å²) < 4.78 is 20.6. The molecule has 6 heteroatoms.